The highest BCUT2D eigenvalue weighted by molar-refractivity contribution is 6.30. The number of esters is 1. The van der Waals surface area contributed by atoms with Gasteiger partial charge < -0.3 is 13.7 Å². The first-order valence-electron chi connectivity index (χ1n) is 9.59. The summed E-state index contributed by atoms with van der Waals surface area (Å²) in [6.45, 7) is 3.43. The van der Waals surface area contributed by atoms with Crippen molar-refractivity contribution in [3.63, 3.8) is 0 Å². The van der Waals surface area contributed by atoms with Crippen LogP contribution in [0.5, 0.6) is 0 Å². The van der Waals surface area contributed by atoms with Crippen LogP contribution < -0.4 is 11.2 Å². The van der Waals surface area contributed by atoms with E-state index in [0.717, 1.165) is 4.57 Å². The molecule has 0 N–H and O–H groups in total. The van der Waals surface area contributed by atoms with Crippen LogP contribution in [-0.2, 0) is 16.1 Å². The third-order valence-corrected chi connectivity index (χ3v) is 5.13. The van der Waals surface area contributed by atoms with Crippen molar-refractivity contribution in [3.8, 4) is 5.69 Å². The summed E-state index contributed by atoms with van der Waals surface area (Å²) in [6.07, 6.45) is 2.82. The third-order valence-electron chi connectivity index (χ3n) is 4.88. The molecule has 3 heterocycles. The summed E-state index contributed by atoms with van der Waals surface area (Å²) in [4.78, 5) is 43.3. The molecule has 10 heteroatoms. The van der Waals surface area contributed by atoms with Crippen LogP contribution in [0.2, 0.25) is 5.02 Å². The summed E-state index contributed by atoms with van der Waals surface area (Å²) in [5.41, 5.74) is -0.479. The number of carbonyl (C=O) groups excluding carboxylic acids is 1. The van der Waals surface area contributed by atoms with Gasteiger partial charge in [0, 0.05) is 5.02 Å². The number of ether oxygens (including phenoxy) is 1. The first-order valence-corrected chi connectivity index (χ1v) is 9.97. The van der Waals surface area contributed by atoms with Gasteiger partial charge in [-0.2, -0.15) is 0 Å². The Kier molecular flexibility index (Phi) is 5.51. The SMILES string of the molecule is CCOC(=O)[C@@H](C)n1cnc2c1c(=O)n(Cc1ccco1)c(=O)n2-c1ccc(Cl)cc1. The summed E-state index contributed by atoms with van der Waals surface area (Å²) >= 11 is 5.99. The Morgan fingerprint density at radius 3 is 2.61 bits per heavy atom. The summed E-state index contributed by atoms with van der Waals surface area (Å²) in [7, 11) is 0. The number of fused-ring (bicyclic) bond motifs is 1. The molecule has 31 heavy (non-hydrogen) atoms. The highest BCUT2D eigenvalue weighted by atomic mass is 35.5. The highest BCUT2D eigenvalue weighted by Gasteiger charge is 2.25. The minimum absolute atomic E-state index is 0.0762. The van der Waals surface area contributed by atoms with E-state index >= 15 is 0 Å². The fourth-order valence-corrected chi connectivity index (χ4v) is 3.46. The molecule has 0 saturated carbocycles. The van der Waals surface area contributed by atoms with Gasteiger partial charge in [0.15, 0.2) is 11.2 Å². The zero-order valence-corrected chi connectivity index (χ0v) is 17.6. The largest absolute Gasteiger partial charge is 0.467 e. The topological polar surface area (TPSA) is 101 Å². The summed E-state index contributed by atoms with van der Waals surface area (Å²) in [5, 5.41) is 0.499. The average Bonchev–Trinajstić information content (AvgIpc) is 3.42. The Hall–Kier alpha value is -3.59. The van der Waals surface area contributed by atoms with Crippen molar-refractivity contribution in [2.45, 2.75) is 26.4 Å². The molecule has 0 radical (unpaired) electrons. The van der Waals surface area contributed by atoms with Gasteiger partial charge in [0.25, 0.3) is 5.56 Å². The number of hydrogen-bond acceptors (Lipinski definition) is 6. The number of furan rings is 1. The quantitative estimate of drug-likeness (QED) is 0.425. The van der Waals surface area contributed by atoms with Gasteiger partial charge in [-0.25, -0.2) is 19.1 Å². The molecule has 0 spiro atoms. The standard InChI is InChI=1S/C21H19ClN4O5/c1-3-30-20(28)13(2)25-12-23-18-17(25)19(27)24(11-16-5-4-10-31-16)21(29)26(18)15-8-6-14(22)7-9-15/h4-10,12-13H,3,11H2,1-2H3/t13-/m1/s1. The summed E-state index contributed by atoms with van der Waals surface area (Å²) in [6, 6.07) is 9.10. The maximum atomic E-state index is 13.4. The molecule has 0 aliphatic rings. The maximum absolute atomic E-state index is 13.4. The highest BCUT2D eigenvalue weighted by Crippen LogP contribution is 2.19. The van der Waals surface area contributed by atoms with E-state index in [1.54, 1.807) is 50.2 Å². The molecule has 0 aliphatic carbocycles. The molecule has 160 valence electrons. The molecule has 0 aliphatic heterocycles. The van der Waals surface area contributed by atoms with E-state index in [0.29, 0.717) is 16.5 Å². The number of benzene rings is 1. The first kappa shape index (κ1) is 20.7. The van der Waals surface area contributed by atoms with E-state index in [1.807, 2.05) is 0 Å². The Morgan fingerprint density at radius 2 is 1.97 bits per heavy atom. The van der Waals surface area contributed by atoms with E-state index in [-0.39, 0.29) is 24.3 Å². The number of carbonyl (C=O) groups is 1. The molecule has 3 aromatic heterocycles. The number of rotatable bonds is 6. The van der Waals surface area contributed by atoms with Crippen LogP contribution in [0, 0.1) is 0 Å². The fourth-order valence-electron chi connectivity index (χ4n) is 3.34. The smallest absolute Gasteiger partial charge is 0.337 e. The van der Waals surface area contributed by atoms with E-state index < -0.39 is 23.3 Å². The molecule has 1 atom stereocenters. The molecule has 0 fully saturated rings. The lowest BCUT2D eigenvalue weighted by atomic mass is 10.3. The van der Waals surface area contributed by atoms with Crippen LogP contribution in [0.1, 0.15) is 25.6 Å². The second-order valence-electron chi connectivity index (χ2n) is 6.82. The number of nitrogens with zero attached hydrogens (tertiary/aromatic N) is 4. The van der Waals surface area contributed by atoms with Crippen molar-refractivity contribution >= 4 is 28.7 Å². The lowest BCUT2D eigenvalue weighted by Crippen LogP contribution is -2.40. The van der Waals surface area contributed by atoms with Gasteiger partial charge in [0.05, 0.1) is 31.4 Å². The molecule has 0 saturated heterocycles. The number of imidazole rings is 1. The normalized spacial score (nSPS) is 12.2. The van der Waals surface area contributed by atoms with Gasteiger partial charge >= 0.3 is 11.7 Å². The number of aromatic nitrogens is 4. The molecule has 9 nitrogen and oxygen atoms in total. The minimum Gasteiger partial charge on any atom is -0.467 e. The lowest BCUT2D eigenvalue weighted by molar-refractivity contribution is -0.146. The molecular formula is C21H19ClN4O5. The van der Waals surface area contributed by atoms with Gasteiger partial charge in [0.1, 0.15) is 11.8 Å². The van der Waals surface area contributed by atoms with Gasteiger partial charge in [-0.05, 0) is 50.2 Å². The molecule has 4 rings (SSSR count). The number of hydrogen-bond donors (Lipinski definition) is 0. The fraction of sp³-hybridized carbons (Fsp3) is 0.238. The maximum Gasteiger partial charge on any atom is 0.337 e. The third kappa shape index (κ3) is 3.68. The van der Waals surface area contributed by atoms with Crippen LogP contribution in [0.3, 0.4) is 0 Å². The summed E-state index contributed by atoms with van der Waals surface area (Å²) in [5.74, 6) is -0.0752. The van der Waals surface area contributed by atoms with Crippen LogP contribution >= 0.6 is 11.6 Å². The monoisotopic (exact) mass is 442 g/mol. The van der Waals surface area contributed by atoms with Crippen molar-refractivity contribution < 1.29 is 13.9 Å². The average molecular weight is 443 g/mol. The van der Waals surface area contributed by atoms with Crippen molar-refractivity contribution in [3.05, 3.63) is 80.6 Å². The lowest BCUT2D eigenvalue weighted by Gasteiger charge is -2.15. The minimum atomic E-state index is -0.814. The Morgan fingerprint density at radius 1 is 1.23 bits per heavy atom. The van der Waals surface area contributed by atoms with Crippen molar-refractivity contribution in [1.29, 1.82) is 0 Å². The van der Waals surface area contributed by atoms with Crippen LogP contribution in [-0.4, -0.2) is 31.3 Å². The zero-order valence-electron chi connectivity index (χ0n) is 16.8. The molecule has 1 aromatic carbocycles. The van der Waals surface area contributed by atoms with Crippen molar-refractivity contribution in [2.24, 2.45) is 0 Å². The Labute approximate surface area is 181 Å². The van der Waals surface area contributed by atoms with Gasteiger partial charge in [-0.3, -0.25) is 9.36 Å². The van der Waals surface area contributed by atoms with E-state index in [2.05, 4.69) is 4.98 Å². The van der Waals surface area contributed by atoms with Crippen LogP contribution in [0.25, 0.3) is 16.9 Å². The molecule has 4 aromatic rings. The molecule has 0 unspecified atom stereocenters. The first-order chi connectivity index (χ1) is 14.9. The van der Waals surface area contributed by atoms with Gasteiger partial charge in [-0.1, -0.05) is 11.6 Å². The number of halogens is 1. The second kappa shape index (κ2) is 8.27. The van der Waals surface area contributed by atoms with E-state index in [4.69, 9.17) is 20.8 Å². The molecular weight excluding hydrogens is 424 g/mol. The van der Waals surface area contributed by atoms with Crippen molar-refractivity contribution in [2.75, 3.05) is 6.61 Å². The zero-order chi connectivity index (χ0) is 22.1. The van der Waals surface area contributed by atoms with E-state index in [1.165, 1.54) is 21.7 Å². The predicted octanol–water partition coefficient (Wildman–Crippen LogP) is 2.77. The van der Waals surface area contributed by atoms with Crippen molar-refractivity contribution in [1.82, 2.24) is 18.7 Å². The Balaban J connectivity index is 2.01. The second-order valence-corrected chi connectivity index (χ2v) is 7.25. The van der Waals surface area contributed by atoms with Crippen LogP contribution in [0.15, 0.2) is 63.0 Å². The van der Waals surface area contributed by atoms with Crippen LogP contribution in [0.4, 0.5) is 0 Å². The van der Waals surface area contributed by atoms with Gasteiger partial charge in [0.2, 0.25) is 0 Å². The Bertz CT molecular complexity index is 1350. The van der Waals surface area contributed by atoms with Gasteiger partial charge in [-0.15, -0.1) is 0 Å². The van der Waals surface area contributed by atoms with E-state index in [9.17, 15) is 14.4 Å². The molecule has 0 amide bonds. The summed E-state index contributed by atoms with van der Waals surface area (Å²) < 4.78 is 14.2. The molecule has 0 bridgehead atoms. The predicted molar refractivity (Wildman–Crippen MR) is 114 cm³/mol.